The van der Waals surface area contributed by atoms with Gasteiger partial charge in [0.25, 0.3) is 0 Å². The zero-order chi connectivity index (χ0) is 15.0. The zero-order valence-corrected chi connectivity index (χ0v) is 16.7. The van der Waals surface area contributed by atoms with Gasteiger partial charge in [-0.05, 0) is 29.8 Å². The molecule has 5 nitrogen and oxygen atoms in total. The molecule has 104 valence electrons. The van der Waals surface area contributed by atoms with Crippen LogP contribution in [0.2, 0.25) is 0 Å². The average molecular weight is 326 g/mol. The van der Waals surface area contributed by atoms with E-state index in [1.807, 2.05) is 12.1 Å². The second-order valence-corrected chi connectivity index (χ2v) is 4.48. The van der Waals surface area contributed by atoms with Gasteiger partial charge in [-0.2, -0.15) is 0 Å². The summed E-state index contributed by atoms with van der Waals surface area (Å²) in [6.07, 6.45) is 0. The van der Waals surface area contributed by atoms with Crippen molar-refractivity contribution < 1.29 is 83.3 Å². The maximum absolute atomic E-state index is 11.2. The molecule has 0 saturated heterocycles. The van der Waals surface area contributed by atoms with Crippen LogP contribution in [0.3, 0.4) is 0 Å². The third-order valence-electron chi connectivity index (χ3n) is 3.17. The maximum Gasteiger partial charge on any atom is 1.00 e. The van der Waals surface area contributed by atoms with Crippen LogP contribution >= 0.6 is 0 Å². The molecule has 0 unspecified atom stereocenters. The van der Waals surface area contributed by atoms with Crippen molar-refractivity contribution in [1.82, 2.24) is 0 Å². The van der Waals surface area contributed by atoms with Crippen molar-refractivity contribution in [2.24, 2.45) is 0 Å². The molecule has 0 amide bonds. The van der Waals surface area contributed by atoms with E-state index in [2.05, 4.69) is 0 Å². The summed E-state index contributed by atoms with van der Waals surface area (Å²) in [6, 6.07) is 12.6. The molecule has 0 spiro atoms. The molecule has 23 heavy (non-hydrogen) atoms. The van der Waals surface area contributed by atoms with E-state index in [4.69, 9.17) is 4.42 Å². The Morgan fingerprint density at radius 1 is 0.870 bits per heavy atom. The number of carboxylic acids is 2. The van der Waals surface area contributed by atoms with Crippen LogP contribution in [0, 0.1) is 0 Å². The van der Waals surface area contributed by atoms with Gasteiger partial charge in [-0.25, -0.2) is 0 Å². The van der Waals surface area contributed by atoms with Gasteiger partial charge in [-0.15, -0.1) is 0 Å². The van der Waals surface area contributed by atoms with E-state index < -0.39 is 11.9 Å². The normalized spacial score (nSPS) is 9.74. The first kappa shape index (κ1) is 20.0. The number of hydrogen-bond donors (Lipinski definition) is 0. The SMILES string of the molecule is O=C([O-])c1ccc(-c2cc3ccccc3o2)c(C(=O)[O-])c1.[Na+].[Na+]. The van der Waals surface area contributed by atoms with E-state index in [0.717, 1.165) is 11.5 Å². The summed E-state index contributed by atoms with van der Waals surface area (Å²) in [6.45, 7) is 0. The fourth-order valence-corrected chi connectivity index (χ4v) is 2.17. The summed E-state index contributed by atoms with van der Waals surface area (Å²) in [5.41, 5.74) is 0.391. The van der Waals surface area contributed by atoms with E-state index in [1.54, 1.807) is 18.2 Å². The van der Waals surface area contributed by atoms with E-state index in [9.17, 15) is 19.8 Å². The number of aromatic carboxylic acids is 2. The van der Waals surface area contributed by atoms with Crippen LogP contribution in [0.25, 0.3) is 22.3 Å². The van der Waals surface area contributed by atoms with Crippen LogP contribution in [0.5, 0.6) is 0 Å². The largest absolute Gasteiger partial charge is 1.00 e. The number of para-hydroxylation sites is 1. The topological polar surface area (TPSA) is 93.4 Å². The fraction of sp³-hybridized carbons (Fsp3) is 0. The van der Waals surface area contributed by atoms with Crippen molar-refractivity contribution in [3.63, 3.8) is 0 Å². The van der Waals surface area contributed by atoms with E-state index >= 15 is 0 Å². The molecular weight excluding hydrogens is 318 g/mol. The molecule has 1 heterocycles. The van der Waals surface area contributed by atoms with Gasteiger partial charge in [0.15, 0.2) is 0 Å². The Balaban J connectivity index is 0.00000132. The summed E-state index contributed by atoms with van der Waals surface area (Å²) in [7, 11) is 0. The number of carbonyl (C=O) groups is 2. The van der Waals surface area contributed by atoms with Crippen LogP contribution in [0.4, 0.5) is 0 Å². The molecule has 7 heteroatoms. The predicted octanol–water partition coefficient (Wildman–Crippen LogP) is -5.17. The molecule has 0 aliphatic heterocycles. The smallest absolute Gasteiger partial charge is 0.545 e. The molecule has 0 atom stereocenters. The quantitative estimate of drug-likeness (QED) is 0.449. The number of furan rings is 1. The summed E-state index contributed by atoms with van der Waals surface area (Å²) in [5, 5.41) is 22.9. The van der Waals surface area contributed by atoms with Crippen LogP contribution in [0.1, 0.15) is 20.7 Å². The Hall–Kier alpha value is -1.08. The molecule has 0 saturated carbocycles. The van der Waals surface area contributed by atoms with Crippen molar-refractivity contribution in [1.29, 1.82) is 0 Å². The van der Waals surface area contributed by atoms with E-state index in [0.29, 0.717) is 11.3 Å². The van der Waals surface area contributed by atoms with Crippen molar-refractivity contribution in [2.45, 2.75) is 0 Å². The minimum absolute atomic E-state index is 0. The number of benzene rings is 2. The van der Waals surface area contributed by atoms with Gasteiger partial charge in [0.05, 0.1) is 11.9 Å². The first-order chi connectivity index (χ1) is 10.1. The minimum atomic E-state index is -1.48. The van der Waals surface area contributed by atoms with Crippen molar-refractivity contribution in [3.8, 4) is 11.3 Å². The van der Waals surface area contributed by atoms with Gasteiger partial charge < -0.3 is 24.2 Å². The number of fused-ring (bicyclic) bond motifs is 1. The summed E-state index contributed by atoms with van der Waals surface area (Å²) < 4.78 is 5.59. The molecular formula is C16H8Na2O5. The second-order valence-electron chi connectivity index (χ2n) is 4.48. The summed E-state index contributed by atoms with van der Waals surface area (Å²) >= 11 is 0. The first-order valence-corrected chi connectivity index (χ1v) is 6.12. The Bertz CT molecular complexity index is 837. The van der Waals surface area contributed by atoms with Crippen LogP contribution in [-0.4, -0.2) is 11.9 Å². The molecule has 0 fully saturated rings. The molecule has 3 rings (SSSR count). The molecule has 0 bridgehead atoms. The van der Waals surface area contributed by atoms with E-state index in [-0.39, 0.29) is 75.8 Å². The monoisotopic (exact) mass is 326 g/mol. The molecule has 0 radical (unpaired) electrons. The standard InChI is InChI=1S/C16H10O5.2Na/c17-15(18)10-5-6-11(12(7-10)16(19)20)14-8-9-3-1-2-4-13(9)21-14;;/h1-8H,(H,17,18)(H,19,20);;/q;2*+1/p-2. The van der Waals surface area contributed by atoms with Crippen molar-refractivity contribution >= 4 is 22.9 Å². The Labute approximate surface area is 175 Å². The number of rotatable bonds is 3. The minimum Gasteiger partial charge on any atom is -0.545 e. The van der Waals surface area contributed by atoms with Crippen LogP contribution in [0.15, 0.2) is 52.9 Å². The third-order valence-corrected chi connectivity index (χ3v) is 3.17. The maximum atomic E-state index is 11.2. The molecule has 0 N–H and O–H groups in total. The van der Waals surface area contributed by atoms with E-state index in [1.165, 1.54) is 12.1 Å². The van der Waals surface area contributed by atoms with Crippen LogP contribution in [-0.2, 0) is 0 Å². The first-order valence-electron chi connectivity index (χ1n) is 6.12. The third kappa shape index (κ3) is 4.07. The van der Waals surface area contributed by atoms with Crippen molar-refractivity contribution in [3.05, 3.63) is 59.7 Å². The van der Waals surface area contributed by atoms with Gasteiger partial charge in [0.1, 0.15) is 11.3 Å². The molecule has 3 aromatic rings. The molecule has 0 aliphatic rings. The van der Waals surface area contributed by atoms with Crippen LogP contribution < -0.4 is 69.3 Å². The number of carboxylic acid groups (broad SMARTS) is 2. The van der Waals surface area contributed by atoms with Gasteiger partial charge in [0, 0.05) is 16.5 Å². The van der Waals surface area contributed by atoms with Crippen molar-refractivity contribution in [2.75, 3.05) is 0 Å². The molecule has 1 aromatic heterocycles. The Morgan fingerprint density at radius 2 is 1.57 bits per heavy atom. The summed E-state index contributed by atoms with van der Waals surface area (Å²) in [4.78, 5) is 22.0. The molecule has 0 aliphatic carbocycles. The van der Waals surface area contributed by atoms with Gasteiger partial charge in [0.2, 0.25) is 0 Å². The predicted molar refractivity (Wildman–Crippen MR) is 70.3 cm³/mol. The van der Waals surface area contributed by atoms with Gasteiger partial charge >= 0.3 is 59.1 Å². The number of hydrogen-bond acceptors (Lipinski definition) is 5. The Kier molecular flexibility index (Phi) is 7.07. The zero-order valence-electron chi connectivity index (χ0n) is 12.7. The number of carbonyl (C=O) groups excluding carboxylic acids is 2. The summed E-state index contributed by atoms with van der Waals surface area (Å²) in [5.74, 6) is -2.59. The Morgan fingerprint density at radius 3 is 2.17 bits per heavy atom. The second kappa shape index (κ2) is 8.15. The van der Waals surface area contributed by atoms with Gasteiger partial charge in [-0.1, -0.05) is 24.3 Å². The fourth-order valence-electron chi connectivity index (χ4n) is 2.17. The molecule has 2 aromatic carbocycles. The average Bonchev–Trinajstić information content (AvgIpc) is 2.90. The van der Waals surface area contributed by atoms with Gasteiger partial charge in [-0.3, -0.25) is 0 Å².